The van der Waals surface area contributed by atoms with E-state index < -0.39 is 0 Å². The number of carbonyl (C=O) groups excluding carboxylic acids is 1. The van der Waals surface area contributed by atoms with Gasteiger partial charge in [-0.25, -0.2) is 0 Å². The number of benzene rings is 1. The first-order valence-corrected chi connectivity index (χ1v) is 8.80. The molecule has 0 bridgehead atoms. The fourth-order valence-corrected chi connectivity index (χ4v) is 3.45. The van der Waals surface area contributed by atoms with Crippen LogP contribution in [0.3, 0.4) is 0 Å². The van der Waals surface area contributed by atoms with E-state index in [1.54, 1.807) is 6.08 Å². The number of halogens is 1. The summed E-state index contributed by atoms with van der Waals surface area (Å²) in [5.74, 6) is 1.13. The zero-order valence-electron chi connectivity index (χ0n) is 12.4. The van der Waals surface area contributed by atoms with Crippen LogP contribution in [-0.4, -0.2) is 22.9 Å². The lowest BCUT2D eigenvalue weighted by Gasteiger charge is -2.17. The molecule has 1 aromatic carbocycles. The zero-order valence-corrected chi connectivity index (χ0v) is 15.7. The highest BCUT2D eigenvalue weighted by Gasteiger charge is 2.22. The second kappa shape index (κ2) is 7.48. The molecule has 1 heterocycles. The number of hydrogen-bond donors (Lipinski definition) is 1. The van der Waals surface area contributed by atoms with E-state index in [1.165, 1.54) is 11.8 Å². The number of amides is 1. The molecule has 118 valence electrons. The van der Waals surface area contributed by atoms with Crippen molar-refractivity contribution in [2.45, 2.75) is 26.9 Å². The molecule has 1 N–H and O–H groups in total. The summed E-state index contributed by atoms with van der Waals surface area (Å²) in [6.07, 6.45) is 1.82. The fraction of sp³-hybridized carbons (Fsp3) is 0.333. The van der Waals surface area contributed by atoms with Crippen LogP contribution in [0, 0.1) is 0 Å². The Bertz CT molecular complexity index is 644. The van der Waals surface area contributed by atoms with Crippen molar-refractivity contribution in [1.29, 1.82) is 0 Å². The van der Waals surface area contributed by atoms with Crippen LogP contribution in [-0.2, 0) is 4.79 Å². The van der Waals surface area contributed by atoms with Crippen LogP contribution >= 0.6 is 39.9 Å². The van der Waals surface area contributed by atoms with Crippen LogP contribution < -0.4 is 14.8 Å². The zero-order chi connectivity index (χ0) is 16.3. The second-order valence-corrected chi connectivity index (χ2v) is 7.36. The number of ether oxygens (including phenoxy) is 2. The lowest BCUT2D eigenvalue weighted by atomic mass is 10.2. The van der Waals surface area contributed by atoms with Gasteiger partial charge in [-0.2, -0.15) is 0 Å². The third kappa shape index (κ3) is 4.24. The molecule has 0 aliphatic carbocycles. The van der Waals surface area contributed by atoms with E-state index in [0.717, 1.165) is 10.0 Å². The molecular formula is C15H16BrNO3S2. The van der Waals surface area contributed by atoms with Gasteiger partial charge in [-0.3, -0.25) is 4.79 Å². The van der Waals surface area contributed by atoms with Crippen molar-refractivity contribution in [2.24, 2.45) is 0 Å². The molecule has 1 aliphatic rings. The summed E-state index contributed by atoms with van der Waals surface area (Å²) in [4.78, 5) is 12.3. The highest BCUT2D eigenvalue weighted by molar-refractivity contribution is 9.10. The molecule has 1 saturated heterocycles. The van der Waals surface area contributed by atoms with Gasteiger partial charge in [0.25, 0.3) is 5.91 Å². The van der Waals surface area contributed by atoms with Gasteiger partial charge in [-0.05, 0) is 60.5 Å². The maximum Gasteiger partial charge on any atom is 0.263 e. The molecule has 1 aliphatic heterocycles. The molecule has 1 aromatic rings. The Morgan fingerprint density at radius 2 is 2.18 bits per heavy atom. The fourth-order valence-electron chi connectivity index (χ4n) is 1.86. The van der Waals surface area contributed by atoms with Crippen LogP contribution in [0.4, 0.5) is 0 Å². The van der Waals surface area contributed by atoms with Crippen LogP contribution in [0.25, 0.3) is 6.08 Å². The van der Waals surface area contributed by atoms with Gasteiger partial charge >= 0.3 is 0 Å². The minimum atomic E-state index is -0.174. The summed E-state index contributed by atoms with van der Waals surface area (Å²) >= 11 is 9.75. The number of carbonyl (C=O) groups is 1. The van der Waals surface area contributed by atoms with E-state index in [4.69, 9.17) is 21.7 Å². The van der Waals surface area contributed by atoms with Crippen LogP contribution in [0.15, 0.2) is 21.5 Å². The van der Waals surface area contributed by atoms with E-state index >= 15 is 0 Å². The van der Waals surface area contributed by atoms with E-state index in [0.29, 0.717) is 27.3 Å². The summed E-state index contributed by atoms with van der Waals surface area (Å²) < 4.78 is 12.7. The number of nitrogens with one attached hydrogen (secondary N) is 1. The Morgan fingerprint density at radius 1 is 1.45 bits per heavy atom. The molecule has 0 aromatic heterocycles. The van der Waals surface area contributed by atoms with E-state index in [2.05, 4.69) is 21.2 Å². The minimum absolute atomic E-state index is 0.0354. The SMILES string of the molecule is CCOc1cc(/C=C2\SC(=S)NC2=O)cc(Br)c1OC(C)C. The maximum atomic E-state index is 11.7. The third-order valence-corrected chi connectivity index (χ3v) is 4.38. The van der Waals surface area contributed by atoms with Gasteiger partial charge in [0.1, 0.15) is 4.32 Å². The van der Waals surface area contributed by atoms with Crippen molar-refractivity contribution < 1.29 is 14.3 Å². The minimum Gasteiger partial charge on any atom is -0.490 e. The first-order chi connectivity index (χ1) is 10.4. The Labute approximate surface area is 147 Å². The standard InChI is InChI=1S/C15H16BrNO3S2/c1-4-19-11-6-9(5-10(16)13(11)20-8(2)3)7-12-14(18)17-15(21)22-12/h5-8H,4H2,1-3H3,(H,17,18,21)/b12-7-. The Hall–Kier alpha value is -1.05. The Morgan fingerprint density at radius 3 is 2.73 bits per heavy atom. The average molecular weight is 402 g/mol. The summed E-state index contributed by atoms with van der Waals surface area (Å²) in [5, 5.41) is 2.60. The molecule has 1 amide bonds. The maximum absolute atomic E-state index is 11.7. The molecule has 1 fully saturated rings. The molecule has 0 spiro atoms. The monoisotopic (exact) mass is 401 g/mol. The first-order valence-electron chi connectivity index (χ1n) is 6.78. The summed E-state index contributed by atoms with van der Waals surface area (Å²) in [5.41, 5.74) is 0.841. The smallest absolute Gasteiger partial charge is 0.263 e. The predicted molar refractivity (Wildman–Crippen MR) is 97.4 cm³/mol. The quantitative estimate of drug-likeness (QED) is 0.593. The molecular weight excluding hydrogens is 386 g/mol. The van der Waals surface area contributed by atoms with E-state index in [-0.39, 0.29) is 12.0 Å². The van der Waals surface area contributed by atoms with Gasteiger partial charge < -0.3 is 14.8 Å². The van der Waals surface area contributed by atoms with Crippen molar-refractivity contribution in [1.82, 2.24) is 5.32 Å². The molecule has 7 heteroatoms. The molecule has 2 rings (SSSR count). The van der Waals surface area contributed by atoms with Crippen LogP contribution in [0.2, 0.25) is 0 Å². The van der Waals surface area contributed by atoms with Gasteiger partial charge in [0.2, 0.25) is 0 Å². The first kappa shape index (κ1) is 17.3. The molecule has 0 radical (unpaired) electrons. The van der Waals surface area contributed by atoms with Crippen molar-refractivity contribution >= 4 is 56.2 Å². The number of thioether (sulfide) groups is 1. The predicted octanol–water partition coefficient (Wildman–Crippen LogP) is 4.12. The van der Waals surface area contributed by atoms with Crippen molar-refractivity contribution in [3.63, 3.8) is 0 Å². The second-order valence-electron chi connectivity index (χ2n) is 4.78. The van der Waals surface area contributed by atoms with Gasteiger partial charge in [0, 0.05) is 0 Å². The Balaban J connectivity index is 2.40. The Kier molecular flexibility index (Phi) is 5.88. The van der Waals surface area contributed by atoms with E-state index in [9.17, 15) is 4.79 Å². The summed E-state index contributed by atoms with van der Waals surface area (Å²) in [6, 6.07) is 3.75. The van der Waals surface area contributed by atoms with Crippen LogP contribution in [0.1, 0.15) is 26.3 Å². The highest BCUT2D eigenvalue weighted by Crippen LogP contribution is 2.39. The molecule has 4 nitrogen and oxygen atoms in total. The molecule has 0 atom stereocenters. The lowest BCUT2D eigenvalue weighted by molar-refractivity contribution is -0.115. The van der Waals surface area contributed by atoms with Gasteiger partial charge in [-0.15, -0.1) is 0 Å². The van der Waals surface area contributed by atoms with Crippen molar-refractivity contribution in [2.75, 3.05) is 6.61 Å². The third-order valence-electron chi connectivity index (χ3n) is 2.63. The van der Waals surface area contributed by atoms with Gasteiger partial charge in [0.05, 0.1) is 22.1 Å². The summed E-state index contributed by atoms with van der Waals surface area (Å²) in [7, 11) is 0. The molecule has 0 unspecified atom stereocenters. The average Bonchev–Trinajstić information content (AvgIpc) is 2.72. The van der Waals surface area contributed by atoms with E-state index in [1.807, 2.05) is 32.9 Å². The van der Waals surface area contributed by atoms with Gasteiger partial charge in [0.15, 0.2) is 11.5 Å². The molecule has 0 saturated carbocycles. The lowest BCUT2D eigenvalue weighted by Crippen LogP contribution is -2.17. The van der Waals surface area contributed by atoms with Crippen LogP contribution in [0.5, 0.6) is 11.5 Å². The molecule has 22 heavy (non-hydrogen) atoms. The largest absolute Gasteiger partial charge is 0.490 e. The number of rotatable bonds is 5. The van der Waals surface area contributed by atoms with Crippen molar-refractivity contribution in [3.8, 4) is 11.5 Å². The topological polar surface area (TPSA) is 47.6 Å². The number of hydrogen-bond acceptors (Lipinski definition) is 5. The normalized spacial score (nSPS) is 16.3. The summed E-state index contributed by atoms with van der Waals surface area (Å²) in [6.45, 7) is 6.36. The number of thiocarbonyl (C=S) groups is 1. The highest BCUT2D eigenvalue weighted by atomic mass is 79.9. The van der Waals surface area contributed by atoms with Crippen molar-refractivity contribution in [3.05, 3.63) is 27.1 Å². The van der Waals surface area contributed by atoms with Gasteiger partial charge in [-0.1, -0.05) is 24.0 Å².